The highest BCUT2D eigenvalue weighted by Gasteiger charge is 2.30. The van der Waals surface area contributed by atoms with E-state index in [1.54, 1.807) is 0 Å². The van der Waals surface area contributed by atoms with Gasteiger partial charge in [-0.25, -0.2) is 9.97 Å². The van der Waals surface area contributed by atoms with Crippen LogP contribution in [-0.4, -0.2) is 27.0 Å². The summed E-state index contributed by atoms with van der Waals surface area (Å²) in [4.78, 5) is 9.16. The fraction of sp³-hybridized carbons (Fsp3) is 0.625. The number of aromatic nitrogens is 3. The maximum atomic E-state index is 4.73. The lowest BCUT2D eigenvalue weighted by atomic mass is 9.98. The Balaban J connectivity index is 1.87. The number of rotatable bonds is 5. The summed E-state index contributed by atoms with van der Waals surface area (Å²) < 4.78 is 2.04. The Morgan fingerprint density at radius 2 is 2.19 bits per heavy atom. The molecule has 3 rings (SSSR count). The van der Waals surface area contributed by atoms with Crippen LogP contribution >= 0.6 is 0 Å². The van der Waals surface area contributed by atoms with Gasteiger partial charge in [-0.2, -0.15) is 0 Å². The van der Waals surface area contributed by atoms with Gasteiger partial charge in [0, 0.05) is 25.0 Å². The van der Waals surface area contributed by atoms with Crippen LogP contribution in [0, 0.1) is 11.8 Å². The minimum Gasteiger partial charge on any atom is -0.369 e. The van der Waals surface area contributed by atoms with E-state index in [0.29, 0.717) is 12.0 Å². The molecule has 5 heteroatoms. The Hall–Kier alpha value is -1.78. The van der Waals surface area contributed by atoms with E-state index < -0.39 is 0 Å². The van der Waals surface area contributed by atoms with Gasteiger partial charge >= 0.3 is 0 Å². The summed E-state index contributed by atoms with van der Waals surface area (Å²) in [5.41, 5.74) is 0.906. The van der Waals surface area contributed by atoms with Crippen molar-refractivity contribution in [1.29, 1.82) is 0 Å². The predicted molar refractivity (Wildman–Crippen MR) is 86.7 cm³/mol. The predicted octanol–water partition coefficient (Wildman–Crippen LogP) is 3.40. The Kier molecular flexibility index (Phi) is 3.99. The molecule has 0 aliphatic heterocycles. The molecule has 3 unspecified atom stereocenters. The van der Waals surface area contributed by atoms with Gasteiger partial charge in [0.2, 0.25) is 0 Å². The molecule has 2 aromatic rings. The molecule has 0 spiro atoms. The minimum atomic E-state index is 0.495. The molecule has 21 heavy (non-hydrogen) atoms. The van der Waals surface area contributed by atoms with Crippen LogP contribution in [0.3, 0.4) is 0 Å². The van der Waals surface area contributed by atoms with Crippen molar-refractivity contribution in [3.05, 3.63) is 18.6 Å². The van der Waals surface area contributed by atoms with Crippen molar-refractivity contribution in [2.75, 3.05) is 17.2 Å². The van der Waals surface area contributed by atoms with Gasteiger partial charge < -0.3 is 15.0 Å². The first kappa shape index (κ1) is 14.2. The first-order valence-electron chi connectivity index (χ1n) is 8.03. The van der Waals surface area contributed by atoms with Crippen molar-refractivity contribution in [2.24, 2.45) is 11.8 Å². The molecule has 1 saturated carbocycles. The van der Waals surface area contributed by atoms with Crippen LogP contribution in [0.1, 0.15) is 40.0 Å². The fourth-order valence-electron chi connectivity index (χ4n) is 3.11. The van der Waals surface area contributed by atoms with E-state index in [9.17, 15) is 0 Å². The summed E-state index contributed by atoms with van der Waals surface area (Å²) in [6.45, 7) is 7.76. The molecule has 0 saturated heterocycles. The lowest BCUT2D eigenvalue weighted by Gasteiger charge is -2.21. The second-order valence-corrected chi connectivity index (χ2v) is 6.22. The molecule has 0 aromatic carbocycles. The number of imidazole rings is 1. The number of anilines is 2. The molecule has 2 N–H and O–H groups in total. The van der Waals surface area contributed by atoms with Crippen LogP contribution in [0.5, 0.6) is 0 Å². The van der Waals surface area contributed by atoms with Crippen LogP contribution in [0.15, 0.2) is 18.6 Å². The van der Waals surface area contributed by atoms with E-state index in [0.717, 1.165) is 36.2 Å². The summed E-state index contributed by atoms with van der Waals surface area (Å²) >= 11 is 0. The summed E-state index contributed by atoms with van der Waals surface area (Å²) in [5.74, 6) is 3.25. The van der Waals surface area contributed by atoms with Crippen LogP contribution in [0.2, 0.25) is 0 Å². The molecule has 114 valence electrons. The molecule has 2 heterocycles. The summed E-state index contributed by atoms with van der Waals surface area (Å²) in [5, 5.41) is 6.99. The Morgan fingerprint density at radius 3 is 2.90 bits per heavy atom. The van der Waals surface area contributed by atoms with E-state index >= 15 is 0 Å². The highest BCUT2D eigenvalue weighted by atomic mass is 15.2. The SMILES string of the molecule is CCCNc1cn2ccnc2c(NC2CCC(C)C2C)n1. The Bertz CT molecular complexity index is 606. The first-order valence-corrected chi connectivity index (χ1v) is 8.03. The van der Waals surface area contributed by atoms with Crippen molar-refractivity contribution in [2.45, 2.75) is 46.1 Å². The monoisotopic (exact) mass is 287 g/mol. The number of hydrogen-bond acceptors (Lipinski definition) is 4. The quantitative estimate of drug-likeness (QED) is 0.885. The largest absolute Gasteiger partial charge is 0.369 e. The third kappa shape index (κ3) is 2.82. The van der Waals surface area contributed by atoms with E-state index in [-0.39, 0.29) is 0 Å². The van der Waals surface area contributed by atoms with Gasteiger partial charge in [-0.05, 0) is 31.1 Å². The zero-order chi connectivity index (χ0) is 14.8. The van der Waals surface area contributed by atoms with Gasteiger partial charge in [0.1, 0.15) is 5.82 Å². The first-order chi connectivity index (χ1) is 10.2. The van der Waals surface area contributed by atoms with Gasteiger partial charge in [-0.15, -0.1) is 0 Å². The number of hydrogen-bond donors (Lipinski definition) is 2. The van der Waals surface area contributed by atoms with Crippen LogP contribution in [0.4, 0.5) is 11.6 Å². The fourth-order valence-corrected chi connectivity index (χ4v) is 3.11. The zero-order valence-corrected chi connectivity index (χ0v) is 13.1. The van der Waals surface area contributed by atoms with E-state index in [1.807, 2.05) is 23.0 Å². The number of nitrogens with zero attached hydrogens (tertiary/aromatic N) is 3. The molecule has 1 aliphatic rings. The molecule has 0 amide bonds. The molecule has 5 nitrogen and oxygen atoms in total. The van der Waals surface area contributed by atoms with Crippen molar-refractivity contribution in [3.63, 3.8) is 0 Å². The lowest BCUT2D eigenvalue weighted by Crippen LogP contribution is -2.25. The Labute approximate surface area is 126 Å². The lowest BCUT2D eigenvalue weighted by molar-refractivity contribution is 0.435. The van der Waals surface area contributed by atoms with Crippen molar-refractivity contribution < 1.29 is 0 Å². The van der Waals surface area contributed by atoms with E-state index in [1.165, 1.54) is 12.8 Å². The molecule has 3 atom stereocenters. The number of fused-ring (bicyclic) bond motifs is 1. The van der Waals surface area contributed by atoms with Crippen molar-refractivity contribution >= 4 is 17.3 Å². The second-order valence-electron chi connectivity index (χ2n) is 6.22. The molecule has 1 aliphatic carbocycles. The third-order valence-corrected chi connectivity index (χ3v) is 4.72. The normalized spacial score (nSPS) is 25.4. The average molecular weight is 287 g/mol. The zero-order valence-electron chi connectivity index (χ0n) is 13.1. The standard InChI is InChI=1S/C16H25N5/c1-4-7-17-14-10-21-9-8-18-16(21)15(20-14)19-13-6-5-11(2)12(13)3/h8-13,17H,4-7H2,1-3H3,(H,19,20). The molecule has 2 aromatic heterocycles. The van der Waals surface area contributed by atoms with Gasteiger partial charge in [-0.3, -0.25) is 0 Å². The second kappa shape index (κ2) is 5.92. The molecule has 1 fully saturated rings. The molecule has 0 bridgehead atoms. The highest BCUT2D eigenvalue weighted by Crippen LogP contribution is 2.33. The Morgan fingerprint density at radius 1 is 1.33 bits per heavy atom. The molecule has 0 radical (unpaired) electrons. The highest BCUT2D eigenvalue weighted by molar-refractivity contribution is 5.65. The topological polar surface area (TPSA) is 54.2 Å². The summed E-state index contributed by atoms with van der Waals surface area (Å²) in [6, 6.07) is 0.495. The van der Waals surface area contributed by atoms with Crippen molar-refractivity contribution in [1.82, 2.24) is 14.4 Å². The smallest absolute Gasteiger partial charge is 0.180 e. The summed E-state index contributed by atoms with van der Waals surface area (Å²) in [6.07, 6.45) is 9.39. The van der Waals surface area contributed by atoms with Crippen LogP contribution in [0.25, 0.3) is 5.65 Å². The maximum Gasteiger partial charge on any atom is 0.180 e. The minimum absolute atomic E-state index is 0.495. The maximum absolute atomic E-state index is 4.73. The summed E-state index contributed by atoms with van der Waals surface area (Å²) in [7, 11) is 0. The molecular formula is C16H25N5. The molecular weight excluding hydrogens is 262 g/mol. The van der Waals surface area contributed by atoms with Gasteiger partial charge in [-0.1, -0.05) is 20.8 Å². The third-order valence-electron chi connectivity index (χ3n) is 4.72. The van der Waals surface area contributed by atoms with E-state index in [2.05, 4.69) is 36.4 Å². The van der Waals surface area contributed by atoms with Gasteiger partial charge in [0.15, 0.2) is 11.5 Å². The van der Waals surface area contributed by atoms with Crippen molar-refractivity contribution in [3.8, 4) is 0 Å². The average Bonchev–Trinajstić information content (AvgIpc) is 3.07. The van der Waals surface area contributed by atoms with E-state index in [4.69, 9.17) is 4.98 Å². The van der Waals surface area contributed by atoms with Crippen LogP contribution in [-0.2, 0) is 0 Å². The van der Waals surface area contributed by atoms with Crippen LogP contribution < -0.4 is 10.6 Å². The van der Waals surface area contributed by atoms with Gasteiger partial charge in [0.05, 0.1) is 6.20 Å². The van der Waals surface area contributed by atoms with Gasteiger partial charge in [0.25, 0.3) is 0 Å². The number of nitrogens with one attached hydrogen (secondary N) is 2.